The monoisotopic (exact) mass is 506 g/mol. The first-order valence-corrected chi connectivity index (χ1v) is 13.6. The number of hydrogen-bond donors (Lipinski definition) is 0. The molecule has 190 valence electrons. The van der Waals surface area contributed by atoms with Crippen LogP contribution in [0.25, 0.3) is 0 Å². The Balaban J connectivity index is 1.61. The Morgan fingerprint density at radius 1 is 1.06 bits per heavy atom. The van der Waals surface area contributed by atoms with Crippen molar-refractivity contribution in [1.29, 1.82) is 0 Å². The predicted molar refractivity (Wildman–Crippen MR) is 144 cm³/mol. The Bertz CT molecular complexity index is 1190. The fraction of sp³-hybridized carbons (Fsp3) is 0.400. The highest BCUT2D eigenvalue weighted by molar-refractivity contribution is 7.10. The summed E-state index contributed by atoms with van der Waals surface area (Å²) in [4.78, 5) is 31.9. The molecule has 3 aromatic rings. The smallest absolute Gasteiger partial charge is 0.254 e. The number of hydrogen-bond acceptors (Lipinski definition) is 3. The number of rotatable bonds is 7. The average molecular weight is 507 g/mol. The zero-order valence-corrected chi connectivity index (χ0v) is 22.4. The normalized spacial score (nSPS) is 15.5. The fourth-order valence-electron chi connectivity index (χ4n) is 4.74. The minimum atomic E-state index is -0.386. The van der Waals surface area contributed by atoms with E-state index in [-0.39, 0.29) is 35.6 Å². The van der Waals surface area contributed by atoms with E-state index in [0.29, 0.717) is 18.7 Å². The van der Waals surface area contributed by atoms with Gasteiger partial charge in [0, 0.05) is 23.5 Å². The molecule has 4 rings (SSSR count). The van der Waals surface area contributed by atoms with Crippen LogP contribution in [-0.4, -0.2) is 41.2 Å². The van der Waals surface area contributed by atoms with Crippen LogP contribution in [0.3, 0.4) is 0 Å². The molecule has 0 aliphatic carbocycles. The maximum atomic E-state index is 13.8. The predicted octanol–water partition coefficient (Wildman–Crippen LogP) is 6.60. The Morgan fingerprint density at radius 3 is 2.39 bits per heavy atom. The second kappa shape index (κ2) is 11.0. The van der Waals surface area contributed by atoms with Gasteiger partial charge in [0.2, 0.25) is 5.91 Å². The average Bonchev–Trinajstić information content (AvgIpc) is 3.34. The molecule has 4 nitrogen and oxygen atoms in total. The van der Waals surface area contributed by atoms with Crippen LogP contribution in [0.2, 0.25) is 0 Å². The molecular formula is C30H35FN2O2S. The maximum absolute atomic E-state index is 13.8. The number of carbonyl (C=O) groups is 2. The molecule has 2 heterocycles. The summed E-state index contributed by atoms with van der Waals surface area (Å²) in [5.74, 6) is -0.692. The van der Waals surface area contributed by atoms with Gasteiger partial charge in [0.15, 0.2) is 0 Å². The minimum absolute atomic E-state index is 0.00621. The van der Waals surface area contributed by atoms with Crippen LogP contribution in [0, 0.1) is 5.82 Å². The third kappa shape index (κ3) is 5.70. The first-order chi connectivity index (χ1) is 17.2. The second-order valence-corrected chi connectivity index (χ2v) is 11.5. The zero-order valence-electron chi connectivity index (χ0n) is 21.6. The lowest BCUT2D eigenvalue weighted by Gasteiger charge is -2.38. The minimum Gasteiger partial charge on any atom is -0.330 e. The molecule has 0 N–H and O–H groups in total. The summed E-state index contributed by atoms with van der Waals surface area (Å²) in [7, 11) is 0. The Labute approximate surface area is 217 Å². The van der Waals surface area contributed by atoms with Gasteiger partial charge in [-0.15, -0.1) is 11.3 Å². The summed E-state index contributed by atoms with van der Waals surface area (Å²) >= 11 is 1.74. The highest BCUT2D eigenvalue weighted by Crippen LogP contribution is 2.38. The van der Waals surface area contributed by atoms with Crippen molar-refractivity contribution in [1.82, 2.24) is 9.80 Å². The number of unbranched alkanes of at least 4 members (excludes halogenated alkanes) is 1. The summed E-state index contributed by atoms with van der Waals surface area (Å²) in [6.07, 6.45) is 2.52. The summed E-state index contributed by atoms with van der Waals surface area (Å²) in [5.41, 5.74) is 3.96. The molecular weight excluding hydrogens is 471 g/mol. The largest absolute Gasteiger partial charge is 0.330 e. The number of amides is 2. The van der Waals surface area contributed by atoms with Crippen LogP contribution >= 0.6 is 11.3 Å². The molecule has 0 radical (unpaired) electrons. The lowest BCUT2D eigenvalue weighted by molar-refractivity contribution is -0.134. The number of nitrogens with zero attached hydrogens (tertiary/aromatic N) is 2. The van der Waals surface area contributed by atoms with E-state index in [1.165, 1.54) is 40.3 Å². The molecule has 1 aliphatic rings. The van der Waals surface area contributed by atoms with Crippen molar-refractivity contribution in [2.45, 2.75) is 58.4 Å². The van der Waals surface area contributed by atoms with Gasteiger partial charge in [-0.2, -0.15) is 0 Å². The molecule has 1 aliphatic heterocycles. The maximum Gasteiger partial charge on any atom is 0.254 e. The van der Waals surface area contributed by atoms with Gasteiger partial charge >= 0.3 is 0 Å². The summed E-state index contributed by atoms with van der Waals surface area (Å²) in [6.45, 7) is 9.75. The van der Waals surface area contributed by atoms with Gasteiger partial charge in [0.25, 0.3) is 5.91 Å². The van der Waals surface area contributed by atoms with Crippen LogP contribution in [0.15, 0.2) is 60.0 Å². The summed E-state index contributed by atoms with van der Waals surface area (Å²) < 4.78 is 13.4. The summed E-state index contributed by atoms with van der Waals surface area (Å²) in [5, 5.41) is 2.10. The molecule has 6 heteroatoms. The van der Waals surface area contributed by atoms with Crippen LogP contribution in [-0.2, 0) is 16.6 Å². The molecule has 1 aromatic heterocycles. The number of carbonyl (C=O) groups excluding carboxylic acids is 2. The van der Waals surface area contributed by atoms with E-state index in [0.717, 1.165) is 24.8 Å². The van der Waals surface area contributed by atoms with E-state index >= 15 is 0 Å². The van der Waals surface area contributed by atoms with Gasteiger partial charge < -0.3 is 9.80 Å². The van der Waals surface area contributed by atoms with Crippen LogP contribution in [0.4, 0.5) is 4.39 Å². The van der Waals surface area contributed by atoms with Gasteiger partial charge in [0.1, 0.15) is 12.4 Å². The van der Waals surface area contributed by atoms with Crippen molar-refractivity contribution in [2.75, 3.05) is 19.6 Å². The SMILES string of the molecule is CCCCN(CC(=O)N1CCc2sccc2C1c1ccc(C(C)(C)C)cc1)C(=O)c1ccc(F)cc1. The van der Waals surface area contributed by atoms with Crippen LogP contribution in [0.1, 0.15) is 78.5 Å². The van der Waals surface area contributed by atoms with Crippen molar-refractivity contribution >= 4 is 23.2 Å². The van der Waals surface area contributed by atoms with Gasteiger partial charge in [-0.1, -0.05) is 58.4 Å². The van der Waals surface area contributed by atoms with Crippen LogP contribution < -0.4 is 0 Å². The first-order valence-electron chi connectivity index (χ1n) is 12.7. The van der Waals surface area contributed by atoms with E-state index in [1.54, 1.807) is 16.2 Å². The zero-order chi connectivity index (χ0) is 25.9. The second-order valence-electron chi connectivity index (χ2n) is 10.5. The van der Waals surface area contributed by atoms with Gasteiger partial charge in [-0.05, 0) is 70.7 Å². The first kappa shape index (κ1) is 26.1. The highest BCUT2D eigenvalue weighted by atomic mass is 32.1. The van der Waals surface area contributed by atoms with E-state index in [2.05, 4.69) is 63.4 Å². The highest BCUT2D eigenvalue weighted by Gasteiger charge is 2.34. The topological polar surface area (TPSA) is 40.6 Å². The molecule has 36 heavy (non-hydrogen) atoms. The van der Waals surface area contributed by atoms with E-state index in [1.807, 2.05) is 4.90 Å². The molecule has 0 bridgehead atoms. The molecule has 2 amide bonds. The quantitative estimate of drug-likeness (QED) is 0.362. The standard InChI is InChI=1S/C30H35FN2O2S/c1-5-6-17-32(29(35)22-9-13-24(31)14-10-22)20-27(34)33-18-15-26-25(16-19-36-26)28(33)21-7-11-23(12-8-21)30(2,3)4/h7-14,16,19,28H,5-6,15,17-18,20H2,1-4H3. The van der Waals surface area contributed by atoms with Gasteiger partial charge in [-0.25, -0.2) is 4.39 Å². The number of thiophene rings is 1. The van der Waals surface area contributed by atoms with E-state index in [4.69, 9.17) is 0 Å². The summed E-state index contributed by atoms with van der Waals surface area (Å²) in [6, 6.07) is 16.1. The molecule has 1 unspecified atom stereocenters. The molecule has 2 aromatic carbocycles. The molecule has 0 fully saturated rings. The lowest BCUT2D eigenvalue weighted by Crippen LogP contribution is -2.47. The van der Waals surface area contributed by atoms with Crippen molar-refractivity contribution < 1.29 is 14.0 Å². The number of benzene rings is 2. The van der Waals surface area contributed by atoms with Crippen molar-refractivity contribution in [2.24, 2.45) is 0 Å². The van der Waals surface area contributed by atoms with Crippen molar-refractivity contribution in [3.63, 3.8) is 0 Å². The number of halogens is 1. The Hall–Kier alpha value is -2.99. The molecule has 0 saturated carbocycles. The fourth-order valence-corrected chi connectivity index (χ4v) is 5.64. The third-order valence-electron chi connectivity index (χ3n) is 6.86. The van der Waals surface area contributed by atoms with Crippen molar-refractivity contribution in [3.05, 3.63) is 92.9 Å². The van der Waals surface area contributed by atoms with Crippen LogP contribution in [0.5, 0.6) is 0 Å². The third-order valence-corrected chi connectivity index (χ3v) is 7.86. The molecule has 0 saturated heterocycles. The molecule has 0 spiro atoms. The number of fused-ring (bicyclic) bond motifs is 1. The van der Waals surface area contributed by atoms with E-state index < -0.39 is 0 Å². The van der Waals surface area contributed by atoms with E-state index in [9.17, 15) is 14.0 Å². The Morgan fingerprint density at radius 2 is 1.75 bits per heavy atom. The van der Waals surface area contributed by atoms with Gasteiger partial charge in [-0.3, -0.25) is 9.59 Å². The van der Waals surface area contributed by atoms with Crippen molar-refractivity contribution in [3.8, 4) is 0 Å². The molecule has 1 atom stereocenters. The Kier molecular flexibility index (Phi) is 7.94. The van der Waals surface area contributed by atoms with Gasteiger partial charge in [0.05, 0.1) is 6.04 Å². The lowest BCUT2D eigenvalue weighted by atomic mass is 9.85.